The Morgan fingerprint density at radius 1 is 1.29 bits per heavy atom. The number of sulfonamides is 2. The number of hydrogen-bond donors (Lipinski definition) is 3. The van der Waals surface area contributed by atoms with Gasteiger partial charge >= 0.3 is 0 Å². The van der Waals surface area contributed by atoms with Crippen LogP contribution in [0.4, 0.5) is 5.69 Å². The van der Waals surface area contributed by atoms with Crippen LogP contribution in [-0.2, 0) is 20.0 Å². The average molecular weight is 383 g/mol. The van der Waals surface area contributed by atoms with Gasteiger partial charge in [-0.1, -0.05) is 23.5 Å². The molecule has 12 heteroatoms. The molecule has 0 aliphatic carbocycles. The zero-order valence-corrected chi connectivity index (χ0v) is 14.2. The molecule has 4 N–H and O–H groups in total. The van der Waals surface area contributed by atoms with Crippen molar-refractivity contribution in [1.29, 1.82) is 5.26 Å². The fourth-order valence-corrected chi connectivity index (χ4v) is 5.05. The average Bonchev–Trinajstić information content (AvgIpc) is 3.14. The normalized spacial score (nSPS) is 12.2. The Morgan fingerprint density at radius 3 is 2.67 bits per heavy atom. The van der Waals surface area contributed by atoms with Crippen molar-refractivity contribution in [3.05, 3.63) is 36.2 Å². The van der Waals surface area contributed by atoms with Gasteiger partial charge in [-0.25, -0.2) is 27.0 Å². The van der Waals surface area contributed by atoms with Gasteiger partial charge < -0.3 is 4.98 Å². The van der Waals surface area contributed by atoms with E-state index in [1.54, 1.807) is 12.1 Å². The summed E-state index contributed by atoms with van der Waals surface area (Å²) in [4.78, 5) is 6.34. The Labute approximate surface area is 140 Å². The number of aromatic amines is 1. The van der Waals surface area contributed by atoms with Crippen LogP contribution in [0.3, 0.4) is 0 Å². The summed E-state index contributed by atoms with van der Waals surface area (Å²) < 4.78 is 48.8. The van der Waals surface area contributed by atoms with E-state index in [0.29, 0.717) is 27.8 Å². The number of nitriles is 1. The van der Waals surface area contributed by atoms with Crippen LogP contribution in [0.15, 0.2) is 39.1 Å². The SMILES string of the molecule is N#Cc1c[nH]c2c(NS(=O)(=O)c3cnc(S(N)(=O)=O)s3)cccc12. The second kappa shape index (κ2) is 5.56. The smallest absolute Gasteiger partial charge is 0.273 e. The number of para-hydroxylation sites is 1. The topological polar surface area (TPSA) is 159 Å². The molecular formula is C12H9N5O4S3. The first-order valence-electron chi connectivity index (χ1n) is 6.24. The van der Waals surface area contributed by atoms with Crippen molar-refractivity contribution < 1.29 is 16.8 Å². The molecule has 0 saturated heterocycles. The van der Waals surface area contributed by atoms with Crippen molar-refractivity contribution >= 4 is 48.0 Å². The first-order chi connectivity index (χ1) is 11.2. The first kappa shape index (κ1) is 16.4. The highest BCUT2D eigenvalue weighted by atomic mass is 32.3. The minimum absolute atomic E-state index is 0.222. The third-order valence-electron chi connectivity index (χ3n) is 3.05. The standard InChI is InChI=1S/C12H9N5O4S3/c13-4-7-5-15-11-8(7)2-1-3-9(11)17-24(20,21)10-6-16-12(22-10)23(14,18)19/h1-3,5-6,15,17H,(H2,14,18,19). The number of aromatic nitrogens is 2. The summed E-state index contributed by atoms with van der Waals surface area (Å²) in [6.45, 7) is 0. The van der Waals surface area contributed by atoms with E-state index in [1.165, 1.54) is 12.3 Å². The van der Waals surface area contributed by atoms with Gasteiger partial charge in [0.2, 0.25) is 4.34 Å². The number of H-pyrrole nitrogens is 1. The lowest BCUT2D eigenvalue weighted by Gasteiger charge is -2.07. The van der Waals surface area contributed by atoms with Crippen molar-refractivity contribution in [2.45, 2.75) is 8.55 Å². The second-order valence-corrected chi connectivity index (χ2v) is 9.31. The summed E-state index contributed by atoms with van der Waals surface area (Å²) >= 11 is 0.444. The third kappa shape index (κ3) is 2.85. The quantitative estimate of drug-likeness (QED) is 0.608. The van der Waals surface area contributed by atoms with Gasteiger partial charge in [0.05, 0.1) is 23.0 Å². The van der Waals surface area contributed by atoms with E-state index in [9.17, 15) is 16.8 Å². The fourth-order valence-electron chi connectivity index (χ4n) is 2.03. The fraction of sp³-hybridized carbons (Fsp3) is 0. The summed E-state index contributed by atoms with van der Waals surface area (Å²) in [7, 11) is -8.14. The molecule has 1 aromatic carbocycles. The molecule has 0 saturated carbocycles. The highest BCUT2D eigenvalue weighted by Gasteiger charge is 2.23. The van der Waals surface area contributed by atoms with Crippen molar-refractivity contribution in [2.24, 2.45) is 5.14 Å². The van der Waals surface area contributed by atoms with Crippen LogP contribution in [0.2, 0.25) is 0 Å². The number of primary sulfonamides is 1. The molecule has 2 heterocycles. The Morgan fingerprint density at radius 2 is 2.04 bits per heavy atom. The largest absolute Gasteiger partial charge is 0.358 e. The van der Waals surface area contributed by atoms with E-state index in [1.807, 2.05) is 6.07 Å². The van der Waals surface area contributed by atoms with Crippen molar-refractivity contribution in [3.63, 3.8) is 0 Å². The molecule has 24 heavy (non-hydrogen) atoms. The van der Waals surface area contributed by atoms with Gasteiger partial charge in [-0.2, -0.15) is 5.26 Å². The number of nitrogens with one attached hydrogen (secondary N) is 2. The van der Waals surface area contributed by atoms with Gasteiger partial charge in [-0.05, 0) is 6.07 Å². The van der Waals surface area contributed by atoms with Crippen LogP contribution in [-0.4, -0.2) is 26.8 Å². The zero-order chi connectivity index (χ0) is 17.5. The van der Waals surface area contributed by atoms with E-state index >= 15 is 0 Å². The minimum atomic E-state index is -4.08. The maximum Gasteiger partial charge on any atom is 0.273 e. The lowest BCUT2D eigenvalue weighted by atomic mass is 10.2. The molecule has 0 fully saturated rings. The van der Waals surface area contributed by atoms with E-state index in [4.69, 9.17) is 10.4 Å². The van der Waals surface area contributed by atoms with E-state index in [0.717, 1.165) is 6.20 Å². The van der Waals surface area contributed by atoms with Crippen LogP contribution in [0.25, 0.3) is 10.9 Å². The molecule has 9 nitrogen and oxygen atoms in total. The van der Waals surface area contributed by atoms with Crippen LogP contribution in [0, 0.1) is 11.3 Å². The van der Waals surface area contributed by atoms with E-state index < -0.39 is 24.4 Å². The number of hydrogen-bond acceptors (Lipinski definition) is 7. The van der Waals surface area contributed by atoms with Gasteiger partial charge in [-0.3, -0.25) is 4.72 Å². The van der Waals surface area contributed by atoms with E-state index in [2.05, 4.69) is 14.7 Å². The van der Waals surface area contributed by atoms with Crippen LogP contribution in [0.1, 0.15) is 5.56 Å². The summed E-state index contributed by atoms with van der Waals surface area (Å²) in [5.74, 6) is 0. The van der Waals surface area contributed by atoms with Gasteiger partial charge in [0, 0.05) is 11.6 Å². The molecule has 2 aromatic heterocycles. The summed E-state index contributed by atoms with van der Waals surface area (Å²) in [6, 6.07) is 6.78. The molecule has 124 valence electrons. The second-order valence-electron chi connectivity index (χ2n) is 4.64. The molecule has 0 aliphatic heterocycles. The molecule has 0 unspecified atom stereocenters. The number of nitrogens with two attached hydrogens (primary N) is 1. The monoisotopic (exact) mass is 383 g/mol. The molecule has 0 spiro atoms. The van der Waals surface area contributed by atoms with Crippen molar-refractivity contribution in [1.82, 2.24) is 9.97 Å². The van der Waals surface area contributed by atoms with Crippen LogP contribution >= 0.6 is 11.3 Å². The lowest BCUT2D eigenvalue weighted by molar-refractivity contribution is 0.596. The number of rotatable bonds is 4. The Kier molecular flexibility index (Phi) is 3.80. The zero-order valence-electron chi connectivity index (χ0n) is 11.7. The molecule has 0 amide bonds. The summed E-state index contributed by atoms with van der Waals surface area (Å²) in [5.41, 5.74) is 1.04. The Hall–Kier alpha value is -2.46. The molecule has 0 bridgehead atoms. The van der Waals surface area contributed by atoms with Crippen molar-refractivity contribution in [3.8, 4) is 6.07 Å². The van der Waals surface area contributed by atoms with Gasteiger partial charge in [0.25, 0.3) is 20.0 Å². The molecule has 0 aliphatic rings. The van der Waals surface area contributed by atoms with Crippen molar-refractivity contribution in [2.75, 3.05) is 4.72 Å². The summed E-state index contributed by atoms with van der Waals surface area (Å²) in [5, 5.41) is 14.5. The first-order valence-corrected chi connectivity index (χ1v) is 10.1. The molecule has 3 rings (SSSR count). The maximum atomic E-state index is 12.4. The lowest BCUT2D eigenvalue weighted by Crippen LogP contribution is -2.12. The molecule has 3 aromatic rings. The number of benzene rings is 1. The van der Waals surface area contributed by atoms with Gasteiger partial charge in [0.1, 0.15) is 6.07 Å². The number of nitrogens with zero attached hydrogens (tertiary/aromatic N) is 2. The van der Waals surface area contributed by atoms with Crippen LogP contribution < -0.4 is 9.86 Å². The molecule has 0 radical (unpaired) electrons. The van der Waals surface area contributed by atoms with E-state index in [-0.39, 0.29) is 9.90 Å². The predicted octanol–water partition coefficient (Wildman–Crippen LogP) is 0.944. The highest BCUT2D eigenvalue weighted by molar-refractivity contribution is 7.96. The van der Waals surface area contributed by atoms with Crippen LogP contribution in [0.5, 0.6) is 0 Å². The number of anilines is 1. The predicted molar refractivity (Wildman–Crippen MR) is 87.3 cm³/mol. The maximum absolute atomic E-state index is 12.4. The third-order valence-corrected chi connectivity index (χ3v) is 7.21. The molecule has 0 atom stereocenters. The highest BCUT2D eigenvalue weighted by Crippen LogP contribution is 2.29. The Balaban J connectivity index is 2.03. The van der Waals surface area contributed by atoms with Gasteiger partial charge in [-0.15, -0.1) is 0 Å². The Bertz CT molecular complexity index is 1180. The number of thiazole rings is 1. The number of fused-ring (bicyclic) bond motifs is 1. The summed E-state index contributed by atoms with van der Waals surface area (Å²) in [6.07, 6.45) is 2.39. The molecular weight excluding hydrogens is 374 g/mol. The van der Waals surface area contributed by atoms with Gasteiger partial charge in [0.15, 0.2) is 4.21 Å². The minimum Gasteiger partial charge on any atom is -0.358 e.